The number of nitrogens with zero attached hydrogens (tertiary/aromatic N) is 2. The van der Waals surface area contributed by atoms with E-state index in [9.17, 15) is 14.0 Å². The van der Waals surface area contributed by atoms with Gasteiger partial charge in [0, 0.05) is 17.7 Å². The molecule has 1 aromatic heterocycles. The molecule has 0 aliphatic carbocycles. The fourth-order valence-corrected chi connectivity index (χ4v) is 3.59. The molecule has 3 heterocycles. The number of carbonyl (C=O) groups is 2. The second kappa shape index (κ2) is 4.43. The van der Waals surface area contributed by atoms with Gasteiger partial charge in [0.1, 0.15) is 17.1 Å². The summed E-state index contributed by atoms with van der Waals surface area (Å²) in [6, 6.07) is 4.16. The Morgan fingerprint density at radius 3 is 2.67 bits per heavy atom. The van der Waals surface area contributed by atoms with Crippen LogP contribution in [0.15, 0.2) is 24.4 Å². The van der Waals surface area contributed by atoms with Crippen LogP contribution >= 0.6 is 0 Å². The molecule has 0 unspecified atom stereocenters. The lowest BCUT2D eigenvalue weighted by molar-refractivity contribution is -0.125. The highest BCUT2D eigenvalue weighted by molar-refractivity contribution is 6.14. The molecule has 0 radical (unpaired) electrons. The summed E-state index contributed by atoms with van der Waals surface area (Å²) in [4.78, 5) is 25.2. The van der Waals surface area contributed by atoms with Crippen molar-refractivity contribution >= 4 is 23.3 Å². The highest BCUT2D eigenvalue weighted by Crippen LogP contribution is 2.50. The van der Waals surface area contributed by atoms with E-state index in [0.717, 1.165) is 0 Å². The summed E-state index contributed by atoms with van der Waals surface area (Å²) in [7, 11) is 0. The third kappa shape index (κ3) is 1.78. The average Bonchev–Trinajstić information content (AvgIpc) is 2.99. The van der Waals surface area contributed by atoms with Gasteiger partial charge in [-0.25, -0.2) is 9.07 Å². The van der Waals surface area contributed by atoms with Crippen molar-refractivity contribution in [2.75, 3.05) is 10.6 Å². The van der Waals surface area contributed by atoms with E-state index in [0.29, 0.717) is 22.6 Å². The Morgan fingerprint density at radius 1 is 1.21 bits per heavy atom. The topological polar surface area (TPSA) is 76.0 Å². The van der Waals surface area contributed by atoms with Crippen LogP contribution in [-0.2, 0) is 20.5 Å². The number of halogens is 1. The predicted molar refractivity (Wildman–Crippen MR) is 86.3 cm³/mol. The molecule has 0 bridgehead atoms. The van der Waals surface area contributed by atoms with Crippen LogP contribution in [-0.4, -0.2) is 21.6 Å². The van der Waals surface area contributed by atoms with Gasteiger partial charge in [0.25, 0.3) is 0 Å². The number of hydrogen-bond donors (Lipinski definition) is 2. The van der Waals surface area contributed by atoms with Gasteiger partial charge in [-0.1, -0.05) is 6.07 Å². The number of fused-ring (bicyclic) bond motifs is 4. The number of benzene rings is 1. The number of rotatable bonds is 0. The summed E-state index contributed by atoms with van der Waals surface area (Å²) in [5, 5.41) is 9.94. The first-order valence-corrected chi connectivity index (χ1v) is 7.74. The third-order valence-corrected chi connectivity index (χ3v) is 4.63. The Hall–Kier alpha value is -2.70. The van der Waals surface area contributed by atoms with Crippen LogP contribution in [0.25, 0.3) is 0 Å². The molecule has 0 saturated carbocycles. The second-order valence-corrected chi connectivity index (χ2v) is 7.26. The number of amides is 2. The van der Waals surface area contributed by atoms with Gasteiger partial charge in [0.15, 0.2) is 0 Å². The first-order chi connectivity index (χ1) is 11.2. The van der Waals surface area contributed by atoms with Gasteiger partial charge in [0.2, 0.25) is 11.8 Å². The summed E-state index contributed by atoms with van der Waals surface area (Å²) >= 11 is 0. The molecule has 2 aliphatic rings. The molecule has 1 atom stereocenters. The average molecular weight is 328 g/mol. The zero-order valence-corrected chi connectivity index (χ0v) is 13.6. The van der Waals surface area contributed by atoms with Gasteiger partial charge < -0.3 is 10.6 Å². The Balaban J connectivity index is 2.01. The zero-order chi connectivity index (χ0) is 17.3. The maximum atomic E-state index is 13.5. The molecule has 1 spiro atoms. The van der Waals surface area contributed by atoms with E-state index >= 15 is 0 Å². The lowest BCUT2D eigenvalue weighted by atomic mass is 9.72. The molecule has 7 heteroatoms. The normalized spacial score (nSPS) is 22.2. The van der Waals surface area contributed by atoms with Crippen LogP contribution in [0.1, 0.15) is 38.3 Å². The molecule has 2 N–H and O–H groups in total. The van der Waals surface area contributed by atoms with E-state index in [1.165, 1.54) is 12.1 Å². The lowest BCUT2D eigenvalue weighted by Crippen LogP contribution is -2.44. The van der Waals surface area contributed by atoms with Gasteiger partial charge in [-0.2, -0.15) is 5.10 Å². The van der Waals surface area contributed by atoms with Crippen molar-refractivity contribution in [3.63, 3.8) is 0 Å². The van der Waals surface area contributed by atoms with E-state index in [1.54, 1.807) is 16.9 Å². The molecule has 0 saturated heterocycles. The molecule has 1 aromatic carbocycles. The minimum atomic E-state index is -1.16. The number of aromatic nitrogens is 2. The summed E-state index contributed by atoms with van der Waals surface area (Å²) in [5.74, 6) is -0.503. The largest absolute Gasteiger partial charge is 0.325 e. The van der Waals surface area contributed by atoms with Gasteiger partial charge in [0.05, 0.1) is 11.7 Å². The van der Waals surface area contributed by atoms with Crippen LogP contribution in [0.4, 0.5) is 15.9 Å². The van der Waals surface area contributed by atoms with E-state index in [4.69, 9.17) is 0 Å². The van der Waals surface area contributed by atoms with Crippen molar-refractivity contribution in [3.8, 4) is 0 Å². The molecule has 124 valence electrons. The molecule has 2 aliphatic heterocycles. The molecule has 24 heavy (non-hydrogen) atoms. The number of anilines is 2. The van der Waals surface area contributed by atoms with Gasteiger partial charge >= 0.3 is 0 Å². The van der Waals surface area contributed by atoms with Crippen molar-refractivity contribution < 1.29 is 14.0 Å². The first kappa shape index (κ1) is 14.9. The SMILES string of the molecule is CC(C)(C)n1ncc2c1NC(=O)C[C@@]21C(=O)Nc2cc(F)ccc21. The Labute approximate surface area is 138 Å². The van der Waals surface area contributed by atoms with Crippen LogP contribution in [0.3, 0.4) is 0 Å². The van der Waals surface area contributed by atoms with Crippen molar-refractivity contribution in [1.29, 1.82) is 0 Å². The highest BCUT2D eigenvalue weighted by atomic mass is 19.1. The minimum Gasteiger partial charge on any atom is -0.325 e. The molecular formula is C17H17FN4O2. The summed E-state index contributed by atoms with van der Waals surface area (Å²) in [5.41, 5.74) is 0.132. The Morgan fingerprint density at radius 2 is 1.96 bits per heavy atom. The van der Waals surface area contributed by atoms with Crippen molar-refractivity contribution in [2.24, 2.45) is 0 Å². The lowest BCUT2D eigenvalue weighted by Gasteiger charge is -2.33. The quantitative estimate of drug-likeness (QED) is 0.779. The van der Waals surface area contributed by atoms with Gasteiger partial charge in [-0.15, -0.1) is 0 Å². The highest BCUT2D eigenvalue weighted by Gasteiger charge is 2.54. The van der Waals surface area contributed by atoms with Crippen LogP contribution in [0, 0.1) is 5.82 Å². The molecule has 0 fully saturated rings. The van der Waals surface area contributed by atoms with E-state index in [2.05, 4.69) is 15.7 Å². The Bertz CT molecular complexity index is 896. The first-order valence-electron chi connectivity index (χ1n) is 7.74. The fourth-order valence-electron chi connectivity index (χ4n) is 3.59. The standard InChI is InChI=1S/C17H17FN4O2/c1-16(2,3)22-14-11(8-19-22)17(7-13(23)21-14)10-5-4-9(18)6-12(10)20-15(17)24/h4-6,8H,7H2,1-3H3,(H,20,24)(H,21,23)/t17-/m0/s1. The van der Waals surface area contributed by atoms with Crippen LogP contribution in [0.2, 0.25) is 0 Å². The van der Waals surface area contributed by atoms with E-state index < -0.39 is 11.2 Å². The summed E-state index contributed by atoms with van der Waals surface area (Å²) in [6.07, 6.45) is 1.60. The second-order valence-electron chi connectivity index (χ2n) is 7.26. The smallest absolute Gasteiger partial charge is 0.240 e. The zero-order valence-electron chi connectivity index (χ0n) is 13.6. The third-order valence-electron chi connectivity index (χ3n) is 4.63. The molecule has 4 rings (SSSR count). The Kier molecular flexibility index (Phi) is 2.75. The van der Waals surface area contributed by atoms with Crippen LogP contribution < -0.4 is 10.6 Å². The summed E-state index contributed by atoms with van der Waals surface area (Å²) in [6.45, 7) is 5.89. The predicted octanol–water partition coefficient (Wildman–Crippen LogP) is 2.36. The summed E-state index contributed by atoms with van der Waals surface area (Å²) < 4.78 is 15.2. The van der Waals surface area contributed by atoms with Crippen molar-refractivity contribution in [2.45, 2.75) is 38.1 Å². The number of hydrogen-bond acceptors (Lipinski definition) is 3. The van der Waals surface area contributed by atoms with Crippen molar-refractivity contribution in [1.82, 2.24) is 9.78 Å². The van der Waals surface area contributed by atoms with Crippen LogP contribution in [0.5, 0.6) is 0 Å². The molecule has 6 nitrogen and oxygen atoms in total. The molecular weight excluding hydrogens is 311 g/mol. The van der Waals surface area contributed by atoms with E-state index in [-0.39, 0.29) is 23.8 Å². The number of nitrogens with one attached hydrogen (secondary N) is 2. The van der Waals surface area contributed by atoms with Gasteiger partial charge in [-0.3, -0.25) is 9.59 Å². The van der Waals surface area contributed by atoms with E-state index in [1.807, 2.05) is 20.8 Å². The minimum absolute atomic E-state index is 0.0275. The van der Waals surface area contributed by atoms with Gasteiger partial charge in [-0.05, 0) is 38.5 Å². The maximum Gasteiger partial charge on any atom is 0.240 e. The maximum absolute atomic E-state index is 13.5. The molecule has 2 amide bonds. The number of carbonyl (C=O) groups excluding carboxylic acids is 2. The monoisotopic (exact) mass is 328 g/mol. The molecule has 2 aromatic rings. The van der Waals surface area contributed by atoms with Crippen molar-refractivity contribution in [3.05, 3.63) is 41.3 Å². The fraction of sp³-hybridized carbons (Fsp3) is 0.353.